The molecule has 0 radical (unpaired) electrons. The predicted octanol–water partition coefficient (Wildman–Crippen LogP) is 4.07. The smallest absolute Gasteiger partial charge is 0.248 e. The van der Waals surface area contributed by atoms with Crippen LogP contribution in [-0.2, 0) is 11.3 Å². The average Bonchev–Trinajstić information content (AvgIpc) is 3.51. The number of tetrazole rings is 1. The third-order valence-corrected chi connectivity index (χ3v) is 5.39. The minimum Gasteiger partial charge on any atom is -0.322 e. The lowest BCUT2D eigenvalue weighted by Gasteiger charge is -2.07. The molecule has 36 heavy (non-hydrogen) atoms. The maximum Gasteiger partial charge on any atom is 0.248 e. The number of carbonyl (C=O) groups excluding carboxylic acids is 1. The molecule has 0 aliphatic carbocycles. The fourth-order valence-electron chi connectivity index (χ4n) is 3.69. The summed E-state index contributed by atoms with van der Waals surface area (Å²) in [6.07, 6.45) is 8.42. The van der Waals surface area contributed by atoms with Crippen molar-refractivity contribution >= 4 is 17.7 Å². The Morgan fingerprint density at radius 2 is 1.97 bits per heavy atom. The van der Waals surface area contributed by atoms with Crippen LogP contribution in [0.2, 0.25) is 0 Å². The van der Waals surface area contributed by atoms with Crippen LogP contribution in [0.25, 0.3) is 23.0 Å². The summed E-state index contributed by atoms with van der Waals surface area (Å²) in [6.45, 7) is 2.24. The Balaban J connectivity index is 1.38. The van der Waals surface area contributed by atoms with Gasteiger partial charge in [0.05, 0.1) is 6.54 Å². The van der Waals surface area contributed by atoms with E-state index in [1.807, 2.05) is 53.3 Å². The van der Waals surface area contributed by atoms with Gasteiger partial charge < -0.3 is 5.32 Å². The number of hydrogen-bond acceptors (Lipinski definition) is 6. The fraction of sp³-hybridized carbons (Fsp3) is 0.0769. The van der Waals surface area contributed by atoms with Gasteiger partial charge in [-0.2, -0.15) is 9.78 Å². The molecule has 0 saturated heterocycles. The van der Waals surface area contributed by atoms with Gasteiger partial charge in [0.25, 0.3) is 0 Å². The lowest BCUT2D eigenvalue weighted by Crippen LogP contribution is -2.09. The van der Waals surface area contributed by atoms with Crippen LogP contribution in [0.5, 0.6) is 0 Å². The molecule has 0 bridgehead atoms. The molecule has 2 aromatic carbocycles. The average molecular weight is 481 g/mol. The zero-order valence-electron chi connectivity index (χ0n) is 19.3. The van der Waals surface area contributed by atoms with Crippen LogP contribution in [-0.4, -0.2) is 40.9 Å². The zero-order valence-corrected chi connectivity index (χ0v) is 19.3. The Bertz CT molecular complexity index is 1530. The van der Waals surface area contributed by atoms with E-state index in [1.165, 1.54) is 29.0 Å². The summed E-state index contributed by atoms with van der Waals surface area (Å²) >= 11 is 0. The van der Waals surface area contributed by atoms with Gasteiger partial charge in [0.15, 0.2) is 5.82 Å². The van der Waals surface area contributed by atoms with Crippen molar-refractivity contribution in [3.8, 4) is 16.9 Å². The van der Waals surface area contributed by atoms with E-state index in [-0.39, 0.29) is 11.6 Å². The van der Waals surface area contributed by atoms with Crippen LogP contribution in [0.4, 0.5) is 10.1 Å². The second kappa shape index (κ2) is 10.1. The molecule has 5 rings (SSSR count). The van der Waals surface area contributed by atoms with Crippen molar-refractivity contribution < 1.29 is 9.18 Å². The SMILES string of the molecule is Cc1nnnn1-c1cc(NC(=O)/C=C/c2cn(Cc3ccccc3)nc2-c2cccnc2)ccc1F. The van der Waals surface area contributed by atoms with E-state index in [0.717, 1.165) is 16.7 Å². The standard InChI is InChI=1S/C26H21FN8O/c1-18-30-32-33-35(18)24-14-22(10-11-23(24)27)29-25(36)12-9-21-17-34(16-19-6-3-2-4-7-19)31-26(21)20-8-5-13-28-15-20/h2-15,17H,16H2,1H3,(H,29,36)/b12-9+. The van der Waals surface area contributed by atoms with Gasteiger partial charge in [0.2, 0.25) is 5.91 Å². The van der Waals surface area contributed by atoms with E-state index in [2.05, 4.69) is 25.8 Å². The summed E-state index contributed by atoms with van der Waals surface area (Å²) in [4.78, 5) is 16.9. The molecule has 0 unspecified atom stereocenters. The lowest BCUT2D eigenvalue weighted by molar-refractivity contribution is -0.111. The first-order valence-electron chi connectivity index (χ1n) is 11.1. The van der Waals surface area contributed by atoms with Crippen molar-refractivity contribution in [1.82, 2.24) is 35.0 Å². The van der Waals surface area contributed by atoms with Crippen LogP contribution < -0.4 is 5.32 Å². The monoisotopic (exact) mass is 480 g/mol. The van der Waals surface area contributed by atoms with Crippen molar-refractivity contribution in [1.29, 1.82) is 0 Å². The Hall–Kier alpha value is -4.99. The zero-order chi connectivity index (χ0) is 24.9. The Labute approximate surface area is 205 Å². The molecule has 0 fully saturated rings. The van der Waals surface area contributed by atoms with Crippen LogP contribution in [0, 0.1) is 12.7 Å². The summed E-state index contributed by atoms with van der Waals surface area (Å²) in [5, 5.41) is 18.6. The molecule has 3 aromatic heterocycles. The Morgan fingerprint density at radius 1 is 1.11 bits per heavy atom. The third-order valence-electron chi connectivity index (χ3n) is 5.39. The Kier molecular flexibility index (Phi) is 6.39. The number of amides is 1. The van der Waals surface area contributed by atoms with Crippen molar-refractivity contribution in [3.05, 3.63) is 108 Å². The number of hydrogen-bond donors (Lipinski definition) is 1. The molecule has 0 atom stereocenters. The molecule has 1 N–H and O–H groups in total. The van der Waals surface area contributed by atoms with Crippen LogP contribution in [0.3, 0.4) is 0 Å². The van der Waals surface area contributed by atoms with Gasteiger partial charge in [-0.05, 0) is 59.3 Å². The van der Waals surface area contributed by atoms with Gasteiger partial charge in [-0.3, -0.25) is 14.5 Å². The van der Waals surface area contributed by atoms with Crippen molar-refractivity contribution in [3.63, 3.8) is 0 Å². The fourth-order valence-corrected chi connectivity index (χ4v) is 3.69. The number of carbonyl (C=O) groups is 1. The highest BCUT2D eigenvalue weighted by molar-refractivity contribution is 6.02. The normalized spacial score (nSPS) is 11.2. The van der Waals surface area contributed by atoms with E-state index >= 15 is 0 Å². The van der Waals surface area contributed by atoms with Gasteiger partial charge in [0, 0.05) is 41.5 Å². The lowest BCUT2D eigenvalue weighted by atomic mass is 10.1. The molecule has 10 heteroatoms. The quantitative estimate of drug-likeness (QED) is 0.352. The topological polar surface area (TPSA) is 103 Å². The summed E-state index contributed by atoms with van der Waals surface area (Å²) in [6, 6.07) is 17.9. The highest BCUT2D eigenvalue weighted by Crippen LogP contribution is 2.23. The van der Waals surface area contributed by atoms with E-state index in [0.29, 0.717) is 23.8 Å². The summed E-state index contributed by atoms with van der Waals surface area (Å²) in [7, 11) is 0. The molecule has 0 saturated carbocycles. The van der Waals surface area contributed by atoms with Crippen LogP contribution in [0.1, 0.15) is 17.0 Å². The number of benzene rings is 2. The second-order valence-electron chi connectivity index (χ2n) is 7.98. The minimum atomic E-state index is -0.508. The number of rotatable bonds is 7. The highest BCUT2D eigenvalue weighted by atomic mass is 19.1. The van der Waals surface area contributed by atoms with Crippen LogP contribution >= 0.6 is 0 Å². The molecule has 3 heterocycles. The molecular formula is C26H21FN8O. The number of anilines is 1. The summed E-state index contributed by atoms with van der Waals surface area (Å²) in [5.41, 5.74) is 3.96. The first kappa shape index (κ1) is 22.8. The molecule has 0 aliphatic heterocycles. The van der Waals surface area contributed by atoms with E-state index in [1.54, 1.807) is 25.4 Å². The van der Waals surface area contributed by atoms with Crippen molar-refractivity contribution in [2.24, 2.45) is 0 Å². The number of aryl methyl sites for hydroxylation is 1. The Morgan fingerprint density at radius 3 is 2.72 bits per heavy atom. The second-order valence-corrected chi connectivity index (χ2v) is 7.98. The number of nitrogens with one attached hydrogen (secondary N) is 1. The van der Waals surface area contributed by atoms with Gasteiger partial charge in [-0.1, -0.05) is 30.3 Å². The summed E-state index contributed by atoms with van der Waals surface area (Å²) in [5.74, 6) is -0.465. The van der Waals surface area contributed by atoms with E-state index < -0.39 is 5.82 Å². The summed E-state index contributed by atoms with van der Waals surface area (Å²) < 4.78 is 17.4. The number of halogens is 1. The maximum atomic E-state index is 14.3. The van der Waals surface area contributed by atoms with Gasteiger partial charge in [-0.15, -0.1) is 5.10 Å². The van der Waals surface area contributed by atoms with E-state index in [9.17, 15) is 9.18 Å². The molecule has 0 spiro atoms. The molecule has 1 amide bonds. The first-order chi connectivity index (χ1) is 17.6. The van der Waals surface area contributed by atoms with Crippen molar-refractivity contribution in [2.45, 2.75) is 13.5 Å². The van der Waals surface area contributed by atoms with Gasteiger partial charge in [0.1, 0.15) is 17.2 Å². The minimum absolute atomic E-state index is 0.139. The predicted molar refractivity (Wildman–Crippen MR) is 133 cm³/mol. The highest BCUT2D eigenvalue weighted by Gasteiger charge is 2.13. The number of nitrogens with zero attached hydrogens (tertiary/aromatic N) is 7. The molecular weight excluding hydrogens is 459 g/mol. The van der Waals surface area contributed by atoms with Crippen molar-refractivity contribution in [2.75, 3.05) is 5.32 Å². The van der Waals surface area contributed by atoms with Gasteiger partial charge >= 0.3 is 0 Å². The maximum absolute atomic E-state index is 14.3. The number of aromatic nitrogens is 7. The number of pyridine rings is 1. The molecule has 178 valence electrons. The first-order valence-corrected chi connectivity index (χ1v) is 11.1. The largest absolute Gasteiger partial charge is 0.322 e. The van der Waals surface area contributed by atoms with E-state index in [4.69, 9.17) is 5.10 Å². The molecule has 5 aromatic rings. The van der Waals surface area contributed by atoms with Crippen LogP contribution in [0.15, 0.2) is 85.3 Å². The molecule has 9 nitrogen and oxygen atoms in total. The van der Waals surface area contributed by atoms with Gasteiger partial charge in [-0.25, -0.2) is 4.39 Å². The third kappa shape index (κ3) is 5.07. The molecule has 0 aliphatic rings.